The Balaban J connectivity index is 1.80. The van der Waals surface area contributed by atoms with E-state index in [0.29, 0.717) is 6.61 Å². The largest absolute Gasteiger partial charge is 0.494 e. The second-order valence-corrected chi connectivity index (χ2v) is 6.34. The van der Waals surface area contributed by atoms with Crippen LogP contribution in [0.15, 0.2) is 24.3 Å². The molecule has 1 aromatic carbocycles. The van der Waals surface area contributed by atoms with Gasteiger partial charge in [0, 0.05) is 28.8 Å². The summed E-state index contributed by atoms with van der Waals surface area (Å²) in [5, 5.41) is 4.08. The predicted octanol–water partition coefficient (Wildman–Crippen LogP) is 2.05. The molecular weight excluding hydrogens is 312 g/mol. The van der Waals surface area contributed by atoms with Crippen molar-refractivity contribution in [2.24, 2.45) is 0 Å². The number of nitrogens with one attached hydrogen (secondary N) is 3. The summed E-state index contributed by atoms with van der Waals surface area (Å²) in [5.41, 5.74) is 8.34. The standard InChI is InChI=1S/C16H20N4O2S/c1-3-22-11-4-5-12-13(7-11)18-10(2)6-14(12)19-20-16(21)15-8-23-9-17-15/h4-7,15,17H,3,8-9H2,1-2H3,(H,18,19)(H,20,21)/t15-/m0/s1. The van der Waals surface area contributed by atoms with E-state index in [2.05, 4.69) is 21.2 Å². The molecule has 0 aliphatic carbocycles. The molecule has 1 amide bonds. The number of anilines is 1. The molecule has 3 rings (SSSR count). The molecule has 122 valence electrons. The summed E-state index contributed by atoms with van der Waals surface area (Å²) >= 11 is 1.72. The summed E-state index contributed by atoms with van der Waals surface area (Å²) in [6.07, 6.45) is 0. The zero-order chi connectivity index (χ0) is 16.2. The Morgan fingerprint density at radius 3 is 3.09 bits per heavy atom. The van der Waals surface area contributed by atoms with Crippen molar-refractivity contribution in [2.45, 2.75) is 19.9 Å². The van der Waals surface area contributed by atoms with E-state index >= 15 is 0 Å². The Bertz CT molecular complexity index is 717. The van der Waals surface area contributed by atoms with Gasteiger partial charge in [-0.05, 0) is 32.0 Å². The van der Waals surface area contributed by atoms with E-state index in [-0.39, 0.29) is 11.9 Å². The number of fused-ring (bicyclic) bond motifs is 1. The first-order valence-corrected chi connectivity index (χ1v) is 8.74. The molecule has 1 aliphatic rings. The third kappa shape index (κ3) is 3.68. The molecule has 1 aliphatic heterocycles. The number of amides is 1. The number of ether oxygens (including phenoxy) is 1. The number of rotatable bonds is 5. The fourth-order valence-electron chi connectivity index (χ4n) is 2.48. The van der Waals surface area contributed by atoms with Gasteiger partial charge in [-0.2, -0.15) is 0 Å². The van der Waals surface area contributed by atoms with E-state index < -0.39 is 0 Å². The van der Waals surface area contributed by atoms with Crippen LogP contribution in [-0.2, 0) is 4.79 Å². The summed E-state index contributed by atoms with van der Waals surface area (Å²) < 4.78 is 5.52. The van der Waals surface area contributed by atoms with Crippen molar-refractivity contribution in [1.82, 2.24) is 15.7 Å². The molecule has 1 saturated heterocycles. The van der Waals surface area contributed by atoms with Gasteiger partial charge in [0.05, 0.1) is 23.9 Å². The van der Waals surface area contributed by atoms with Crippen molar-refractivity contribution < 1.29 is 9.53 Å². The number of carbonyl (C=O) groups is 1. The van der Waals surface area contributed by atoms with Gasteiger partial charge in [-0.1, -0.05) is 0 Å². The number of hydrogen-bond acceptors (Lipinski definition) is 6. The van der Waals surface area contributed by atoms with Crippen LogP contribution in [0, 0.1) is 6.92 Å². The summed E-state index contributed by atoms with van der Waals surface area (Å²) in [7, 11) is 0. The van der Waals surface area contributed by atoms with Crippen molar-refractivity contribution in [3.63, 3.8) is 0 Å². The highest BCUT2D eigenvalue weighted by molar-refractivity contribution is 7.99. The van der Waals surface area contributed by atoms with Crippen molar-refractivity contribution >= 4 is 34.3 Å². The number of hydrazine groups is 1. The fourth-order valence-corrected chi connectivity index (χ4v) is 3.42. The van der Waals surface area contributed by atoms with Gasteiger partial charge < -0.3 is 4.74 Å². The van der Waals surface area contributed by atoms with Crippen LogP contribution in [0.25, 0.3) is 10.9 Å². The van der Waals surface area contributed by atoms with Crippen LogP contribution in [0.4, 0.5) is 5.69 Å². The van der Waals surface area contributed by atoms with Crippen molar-refractivity contribution in [3.05, 3.63) is 30.0 Å². The Morgan fingerprint density at radius 1 is 1.48 bits per heavy atom. The van der Waals surface area contributed by atoms with Gasteiger partial charge in [0.25, 0.3) is 5.91 Å². The topological polar surface area (TPSA) is 75.3 Å². The average Bonchev–Trinajstić information content (AvgIpc) is 3.06. The van der Waals surface area contributed by atoms with Gasteiger partial charge in [0.15, 0.2) is 0 Å². The lowest BCUT2D eigenvalue weighted by Crippen LogP contribution is -2.44. The zero-order valence-corrected chi connectivity index (χ0v) is 14.0. The molecule has 1 fully saturated rings. The van der Waals surface area contributed by atoms with Crippen molar-refractivity contribution in [3.8, 4) is 5.75 Å². The van der Waals surface area contributed by atoms with E-state index in [0.717, 1.165) is 39.7 Å². The van der Waals surface area contributed by atoms with Gasteiger partial charge in [-0.25, -0.2) is 0 Å². The molecule has 2 heterocycles. The smallest absolute Gasteiger partial charge is 0.256 e. The highest BCUT2D eigenvalue weighted by Crippen LogP contribution is 2.26. The summed E-state index contributed by atoms with van der Waals surface area (Å²) in [4.78, 5) is 16.6. The van der Waals surface area contributed by atoms with Crippen LogP contribution in [0.3, 0.4) is 0 Å². The lowest BCUT2D eigenvalue weighted by atomic mass is 10.1. The minimum Gasteiger partial charge on any atom is -0.494 e. The number of thioether (sulfide) groups is 1. The van der Waals surface area contributed by atoms with E-state index in [1.807, 2.05) is 38.1 Å². The summed E-state index contributed by atoms with van der Waals surface area (Å²) in [6, 6.07) is 7.54. The summed E-state index contributed by atoms with van der Waals surface area (Å²) in [5.74, 6) is 2.35. The van der Waals surface area contributed by atoms with Crippen LogP contribution in [0.2, 0.25) is 0 Å². The van der Waals surface area contributed by atoms with Gasteiger partial charge >= 0.3 is 0 Å². The predicted molar refractivity (Wildman–Crippen MR) is 93.7 cm³/mol. The lowest BCUT2D eigenvalue weighted by Gasteiger charge is -2.15. The highest BCUT2D eigenvalue weighted by atomic mass is 32.2. The number of benzene rings is 1. The van der Waals surface area contributed by atoms with Crippen LogP contribution in [0.1, 0.15) is 12.6 Å². The molecule has 1 atom stereocenters. The second-order valence-electron chi connectivity index (χ2n) is 5.31. The van der Waals surface area contributed by atoms with Crippen LogP contribution in [-0.4, -0.2) is 35.2 Å². The van der Waals surface area contributed by atoms with Gasteiger partial charge in [-0.15, -0.1) is 11.8 Å². The molecular formula is C16H20N4O2S. The highest BCUT2D eigenvalue weighted by Gasteiger charge is 2.22. The third-order valence-corrected chi connectivity index (χ3v) is 4.51. The maximum atomic E-state index is 12.1. The molecule has 2 aromatic rings. The lowest BCUT2D eigenvalue weighted by molar-refractivity contribution is -0.121. The number of nitrogens with zero attached hydrogens (tertiary/aromatic N) is 1. The third-order valence-electron chi connectivity index (χ3n) is 3.57. The molecule has 0 unspecified atom stereocenters. The van der Waals surface area contributed by atoms with E-state index in [9.17, 15) is 4.79 Å². The Hall–Kier alpha value is -1.99. The molecule has 0 spiro atoms. The maximum absolute atomic E-state index is 12.1. The fraction of sp³-hybridized carbons (Fsp3) is 0.375. The molecule has 1 aromatic heterocycles. The SMILES string of the molecule is CCOc1ccc2c(NNC(=O)[C@@H]3CSCN3)cc(C)nc2c1. The molecule has 0 radical (unpaired) electrons. The molecule has 23 heavy (non-hydrogen) atoms. The first kappa shape index (κ1) is 15.9. The molecule has 6 nitrogen and oxygen atoms in total. The number of pyridine rings is 1. The molecule has 0 bridgehead atoms. The van der Waals surface area contributed by atoms with Crippen LogP contribution in [0.5, 0.6) is 5.75 Å². The minimum absolute atomic E-state index is 0.0523. The van der Waals surface area contributed by atoms with E-state index in [1.165, 1.54) is 0 Å². The Morgan fingerprint density at radius 2 is 2.35 bits per heavy atom. The van der Waals surface area contributed by atoms with Crippen LogP contribution >= 0.6 is 11.8 Å². The first-order valence-electron chi connectivity index (χ1n) is 7.58. The maximum Gasteiger partial charge on any atom is 0.256 e. The number of aromatic nitrogens is 1. The van der Waals surface area contributed by atoms with Gasteiger partial charge in [0.1, 0.15) is 5.75 Å². The Labute approximate surface area is 139 Å². The van der Waals surface area contributed by atoms with Gasteiger partial charge in [0.2, 0.25) is 0 Å². The van der Waals surface area contributed by atoms with Gasteiger partial charge in [-0.3, -0.25) is 25.9 Å². The average molecular weight is 332 g/mol. The van der Waals surface area contributed by atoms with E-state index in [4.69, 9.17) is 4.74 Å². The number of hydrogen-bond donors (Lipinski definition) is 3. The normalized spacial score (nSPS) is 17.2. The molecule has 7 heteroatoms. The number of carbonyl (C=O) groups excluding carboxylic acids is 1. The first-order chi connectivity index (χ1) is 11.2. The summed E-state index contributed by atoms with van der Waals surface area (Å²) in [6.45, 7) is 4.49. The van der Waals surface area contributed by atoms with Crippen molar-refractivity contribution in [1.29, 1.82) is 0 Å². The second kappa shape index (κ2) is 7.06. The zero-order valence-electron chi connectivity index (χ0n) is 13.2. The van der Waals surface area contributed by atoms with Crippen molar-refractivity contribution in [2.75, 3.05) is 23.7 Å². The van der Waals surface area contributed by atoms with Crippen LogP contribution < -0.4 is 20.9 Å². The minimum atomic E-state index is -0.147. The van der Waals surface area contributed by atoms with E-state index in [1.54, 1.807) is 11.8 Å². The number of aryl methyl sites for hydroxylation is 1. The monoisotopic (exact) mass is 332 g/mol. The molecule has 0 saturated carbocycles. The quantitative estimate of drug-likeness (QED) is 0.728. The molecule has 3 N–H and O–H groups in total. The Kier molecular flexibility index (Phi) is 4.88.